The van der Waals surface area contributed by atoms with Gasteiger partial charge in [0, 0.05) is 10.6 Å². The lowest BCUT2D eigenvalue weighted by atomic mass is 9.87. The first-order valence-electron chi connectivity index (χ1n) is 7.93. The summed E-state index contributed by atoms with van der Waals surface area (Å²) in [6.45, 7) is 6.58. The minimum atomic E-state index is 0.127. The molecule has 3 rings (SSSR count). The summed E-state index contributed by atoms with van der Waals surface area (Å²) < 4.78 is 2.02. The van der Waals surface area contributed by atoms with Crippen molar-refractivity contribution in [3.8, 4) is 11.4 Å². The zero-order chi connectivity index (χ0) is 18.0. The van der Waals surface area contributed by atoms with Crippen molar-refractivity contribution >= 4 is 30.0 Å². The normalized spacial score (nSPS) is 12.0. The van der Waals surface area contributed by atoms with Crippen molar-refractivity contribution in [2.24, 2.45) is 5.10 Å². The molecule has 0 aliphatic rings. The van der Waals surface area contributed by atoms with Crippen molar-refractivity contribution in [3.05, 3.63) is 69.5 Å². The summed E-state index contributed by atoms with van der Waals surface area (Å²) >= 11 is 11.4. The van der Waals surface area contributed by atoms with Crippen molar-refractivity contribution in [3.63, 3.8) is 0 Å². The Morgan fingerprint density at radius 2 is 1.88 bits per heavy atom. The van der Waals surface area contributed by atoms with Gasteiger partial charge in [0.25, 0.3) is 0 Å². The maximum absolute atomic E-state index is 6.07. The molecule has 0 spiro atoms. The molecule has 0 aliphatic carbocycles. The molecule has 6 heteroatoms. The minimum absolute atomic E-state index is 0.127. The number of aromatic nitrogens is 3. The van der Waals surface area contributed by atoms with Crippen LogP contribution in [0.5, 0.6) is 0 Å². The summed E-state index contributed by atoms with van der Waals surface area (Å²) in [6, 6.07) is 15.8. The van der Waals surface area contributed by atoms with E-state index >= 15 is 0 Å². The summed E-state index contributed by atoms with van der Waals surface area (Å²) in [4.78, 5) is 0. The molecular weight excluding hydrogens is 352 g/mol. The molecule has 0 amide bonds. The van der Waals surface area contributed by atoms with Gasteiger partial charge < -0.3 is 0 Å². The first-order valence-corrected chi connectivity index (χ1v) is 8.71. The molecule has 0 saturated heterocycles. The summed E-state index contributed by atoms with van der Waals surface area (Å²) in [6.07, 6.45) is 1.77. The third-order valence-corrected chi connectivity index (χ3v) is 4.33. The van der Waals surface area contributed by atoms with Gasteiger partial charge in [-0.25, -0.2) is 5.10 Å². The van der Waals surface area contributed by atoms with Gasteiger partial charge in [-0.2, -0.15) is 14.9 Å². The molecule has 0 radical (unpaired) electrons. The van der Waals surface area contributed by atoms with Crippen molar-refractivity contribution in [2.75, 3.05) is 0 Å². The molecule has 1 heterocycles. The maximum Gasteiger partial charge on any atom is 0.216 e. The number of nitrogens with zero attached hydrogens (tertiary/aromatic N) is 3. The van der Waals surface area contributed by atoms with E-state index in [1.807, 2.05) is 36.4 Å². The Bertz CT molecular complexity index is 962. The lowest BCUT2D eigenvalue weighted by Crippen LogP contribution is -2.10. The van der Waals surface area contributed by atoms with Gasteiger partial charge >= 0.3 is 0 Å². The van der Waals surface area contributed by atoms with E-state index in [-0.39, 0.29) is 5.41 Å². The van der Waals surface area contributed by atoms with Crippen LogP contribution in [0.15, 0.2) is 53.6 Å². The van der Waals surface area contributed by atoms with Crippen molar-refractivity contribution in [1.82, 2.24) is 14.9 Å². The Morgan fingerprint density at radius 1 is 1.16 bits per heavy atom. The maximum atomic E-state index is 6.07. The lowest BCUT2D eigenvalue weighted by molar-refractivity contribution is 0.590. The first-order chi connectivity index (χ1) is 11.8. The van der Waals surface area contributed by atoms with Crippen molar-refractivity contribution < 1.29 is 0 Å². The zero-order valence-electron chi connectivity index (χ0n) is 14.3. The summed E-state index contributed by atoms with van der Waals surface area (Å²) in [7, 11) is 0. The van der Waals surface area contributed by atoms with Gasteiger partial charge in [-0.3, -0.25) is 0 Å². The Hall–Kier alpha value is -2.24. The number of benzene rings is 2. The van der Waals surface area contributed by atoms with Gasteiger partial charge in [0.15, 0.2) is 5.82 Å². The summed E-state index contributed by atoms with van der Waals surface area (Å²) in [5.74, 6) is 0.620. The molecule has 2 aromatic carbocycles. The van der Waals surface area contributed by atoms with Gasteiger partial charge in [0.1, 0.15) is 0 Å². The van der Waals surface area contributed by atoms with Crippen LogP contribution in [-0.2, 0) is 5.41 Å². The average Bonchev–Trinajstić information content (AvgIpc) is 2.93. The lowest BCUT2D eigenvalue weighted by Gasteiger charge is -2.18. The third-order valence-electron chi connectivity index (χ3n) is 3.83. The van der Waals surface area contributed by atoms with Crippen LogP contribution in [0.1, 0.15) is 31.9 Å². The molecule has 0 fully saturated rings. The molecule has 1 aromatic heterocycles. The van der Waals surface area contributed by atoms with E-state index in [1.165, 1.54) is 5.56 Å². The van der Waals surface area contributed by atoms with Crippen LogP contribution >= 0.6 is 23.8 Å². The van der Waals surface area contributed by atoms with Crippen LogP contribution in [0.4, 0.5) is 0 Å². The molecule has 128 valence electrons. The quantitative estimate of drug-likeness (QED) is 0.492. The second kappa shape index (κ2) is 6.94. The molecule has 1 N–H and O–H groups in total. The number of aromatic amines is 1. The van der Waals surface area contributed by atoms with Gasteiger partial charge in [0.05, 0.1) is 6.21 Å². The number of H-pyrrole nitrogens is 1. The zero-order valence-corrected chi connectivity index (χ0v) is 15.9. The van der Waals surface area contributed by atoms with Gasteiger partial charge in [0.2, 0.25) is 4.77 Å². The second-order valence-electron chi connectivity index (χ2n) is 6.79. The third kappa shape index (κ3) is 4.06. The van der Waals surface area contributed by atoms with E-state index in [0.29, 0.717) is 15.6 Å². The number of nitrogens with one attached hydrogen (secondary N) is 1. The molecule has 25 heavy (non-hydrogen) atoms. The molecule has 0 saturated carbocycles. The van der Waals surface area contributed by atoms with Crippen LogP contribution < -0.4 is 0 Å². The molecule has 0 bridgehead atoms. The fourth-order valence-corrected chi connectivity index (χ4v) is 2.78. The number of hydrogen-bond acceptors (Lipinski definition) is 3. The fraction of sp³-hybridized carbons (Fsp3) is 0.211. The van der Waals surface area contributed by atoms with Crippen LogP contribution in [0.25, 0.3) is 11.4 Å². The van der Waals surface area contributed by atoms with Crippen LogP contribution in [0, 0.1) is 4.77 Å². The highest BCUT2D eigenvalue weighted by Crippen LogP contribution is 2.23. The minimum Gasteiger partial charge on any atom is -0.250 e. The Kier molecular flexibility index (Phi) is 4.88. The highest BCUT2D eigenvalue weighted by Gasteiger charge is 2.12. The molecule has 3 aromatic rings. The van der Waals surface area contributed by atoms with E-state index in [1.54, 1.807) is 10.9 Å². The number of halogens is 1. The first kappa shape index (κ1) is 17.6. The van der Waals surface area contributed by atoms with E-state index in [0.717, 1.165) is 11.1 Å². The predicted octanol–water partition coefficient (Wildman–Crippen LogP) is 5.44. The van der Waals surface area contributed by atoms with E-state index in [2.05, 4.69) is 48.2 Å². The van der Waals surface area contributed by atoms with Crippen molar-refractivity contribution in [1.29, 1.82) is 0 Å². The molecule has 0 unspecified atom stereocenters. The van der Waals surface area contributed by atoms with E-state index < -0.39 is 0 Å². The molecule has 0 atom stereocenters. The van der Waals surface area contributed by atoms with Crippen LogP contribution in [-0.4, -0.2) is 21.1 Å². The van der Waals surface area contributed by atoms with Crippen molar-refractivity contribution in [2.45, 2.75) is 26.2 Å². The predicted molar refractivity (Wildman–Crippen MR) is 106 cm³/mol. The smallest absolute Gasteiger partial charge is 0.216 e. The van der Waals surface area contributed by atoms with Gasteiger partial charge in [-0.15, -0.1) is 0 Å². The average molecular weight is 371 g/mol. The van der Waals surface area contributed by atoms with Gasteiger partial charge in [-0.1, -0.05) is 68.8 Å². The molecule has 0 aliphatic heterocycles. The second-order valence-corrected chi connectivity index (χ2v) is 7.61. The SMILES string of the molecule is CC(C)(C)c1ccc(C=Nn2c(-c3cccc(Cl)c3)n[nH]c2=S)cc1. The summed E-state index contributed by atoms with van der Waals surface area (Å²) in [5, 5.41) is 12.2. The molecule has 4 nitrogen and oxygen atoms in total. The topological polar surface area (TPSA) is 46.0 Å². The number of hydrogen-bond donors (Lipinski definition) is 1. The van der Waals surface area contributed by atoms with Gasteiger partial charge in [-0.05, 0) is 40.9 Å². The Morgan fingerprint density at radius 3 is 2.52 bits per heavy atom. The highest BCUT2D eigenvalue weighted by atomic mass is 35.5. The van der Waals surface area contributed by atoms with Crippen LogP contribution in [0.3, 0.4) is 0 Å². The van der Waals surface area contributed by atoms with Crippen LogP contribution in [0.2, 0.25) is 5.02 Å². The Balaban J connectivity index is 1.92. The fourth-order valence-electron chi connectivity index (χ4n) is 2.41. The summed E-state index contributed by atoms with van der Waals surface area (Å²) in [5.41, 5.74) is 3.25. The Labute approximate surface area is 157 Å². The monoisotopic (exact) mass is 370 g/mol. The standard InChI is InChI=1S/C19H19ClN4S/c1-19(2,3)15-9-7-13(8-10-15)12-21-24-17(22-23-18(24)25)14-5-4-6-16(20)11-14/h4-12H,1-3H3,(H,23,25). The van der Waals surface area contributed by atoms with E-state index in [4.69, 9.17) is 23.8 Å². The van der Waals surface area contributed by atoms with E-state index in [9.17, 15) is 0 Å². The molecular formula is C19H19ClN4S. The highest BCUT2D eigenvalue weighted by molar-refractivity contribution is 7.71. The largest absolute Gasteiger partial charge is 0.250 e. The number of rotatable bonds is 3.